The fraction of sp³-hybridized carbons (Fsp3) is 0.391. The highest BCUT2D eigenvalue weighted by Crippen LogP contribution is 2.26. The molecule has 0 unspecified atom stereocenters. The standard InChI is InChI=1S/C23H28N2O4/c1-29-22(27)19-7-9-20(10-8-19)24-14-11-23(28)12-15-25(16-13-23)21(26)17-18-5-3-2-4-6-18/h2-10,24,28H,11-17H2,1H3. The Kier molecular flexibility index (Phi) is 6.88. The lowest BCUT2D eigenvalue weighted by Gasteiger charge is -2.38. The molecule has 0 atom stereocenters. The summed E-state index contributed by atoms with van der Waals surface area (Å²) in [5, 5.41) is 14.1. The van der Waals surface area contributed by atoms with Crippen LogP contribution in [0.15, 0.2) is 54.6 Å². The van der Waals surface area contributed by atoms with Crippen LogP contribution in [0, 0.1) is 0 Å². The third kappa shape index (κ3) is 5.81. The van der Waals surface area contributed by atoms with E-state index in [4.69, 9.17) is 0 Å². The Morgan fingerprint density at radius 3 is 2.34 bits per heavy atom. The highest BCUT2D eigenvalue weighted by Gasteiger charge is 2.33. The molecule has 0 aromatic heterocycles. The molecule has 2 aromatic rings. The van der Waals surface area contributed by atoms with E-state index in [0.717, 1.165) is 11.3 Å². The zero-order valence-corrected chi connectivity index (χ0v) is 16.8. The van der Waals surface area contributed by atoms with E-state index in [9.17, 15) is 14.7 Å². The molecule has 1 amide bonds. The minimum atomic E-state index is -0.761. The van der Waals surface area contributed by atoms with Crippen molar-refractivity contribution in [2.24, 2.45) is 0 Å². The summed E-state index contributed by atoms with van der Waals surface area (Å²) >= 11 is 0. The molecule has 0 spiro atoms. The van der Waals surface area contributed by atoms with E-state index in [0.29, 0.717) is 50.9 Å². The van der Waals surface area contributed by atoms with Crippen LogP contribution in [0.3, 0.4) is 0 Å². The number of nitrogens with one attached hydrogen (secondary N) is 1. The number of hydrogen-bond donors (Lipinski definition) is 2. The fourth-order valence-electron chi connectivity index (χ4n) is 3.59. The van der Waals surface area contributed by atoms with Crippen LogP contribution in [0.4, 0.5) is 5.69 Å². The van der Waals surface area contributed by atoms with E-state index < -0.39 is 5.60 Å². The number of piperidine rings is 1. The molecular formula is C23H28N2O4. The number of hydrogen-bond acceptors (Lipinski definition) is 5. The highest BCUT2D eigenvalue weighted by molar-refractivity contribution is 5.89. The first-order chi connectivity index (χ1) is 14.0. The zero-order chi connectivity index (χ0) is 20.7. The Bertz CT molecular complexity index is 813. The first kappa shape index (κ1) is 20.9. The maximum absolute atomic E-state index is 12.5. The van der Waals surface area contributed by atoms with E-state index >= 15 is 0 Å². The Hall–Kier alpha value is -2.86. The van der Waals surface area contributed by atoms with Crippen molar-refractivity contribution >= 4 is 17.6 Å². The number of carbonyl (C=O) groups is 2. The van der Waals surface area contributed by atoms with Crippen molar-refractivity contribution in [2.75, 3.05) is 32.1 Å². The minimum Gasteiger partial charge on any atom is -0.465 e. The predicted octanol–water partition coefficient (Wildman–Crippen LogP) is 2.87. The van der Waals surface area contributed by atoms with Crippen LogP contribution < -0.4 is 5.32 Å². The number of esters is 1. The second-order valence-corrected chi connectivity index (χ2v) is 7.51. The molecule has 1 aliphatic heterocycles. The quantitative estimate of drug-likeness (QED) is 0.704. The molecule has 154 valence electrons. The van der Waals surface area contributed by atoms with Gasteiger partial charge in [-0.05, 0) is 49.1 Å². The van der Waals surface area contributed by atoms with Gasteiger partial charge in [-0.15, -0.1) is 0 Å². The number of amides is 1. The van der Waals surface area contributed by atoms with Crippen LogP contribution in [0.1, 0.15) is 35.2 Å². The average Bonchev–Trinajstić information content (AvgIpc) is 2.75. The summed E-state index contributed by atoms with van der Waals surface area (Å²) in [5.74, 6) is -0.249. The molecule has 1 heterocycles. The van der Waals surface area contributed by atoms with Gasteiger partial charge in [0.05, 0.1) is 24.7 Å². The number of likely N-dealkylation sites (tertiary alicyclic amines) is 1. The summed E-state index contributed by atoms with van der Waals surface area (Å²) in [6.45, 7) is 1.78. The van der Waals surface area contributed by atoms with Gasteiger partial charge in [0, 0.05) is 25.3 Å². The Morgan fingerprint density at radius 1 is 1.07 bits per heavy atom. The molecule has 0 radical (unpaired) electrons. The number of rotatable bonds is 7. The molecule has 0 aliphatic carbocycles. The van der Waals surface area contributed by atoms with Gasteiger partial charge in [-0.3, -0.25) is 4.79 Å². The number of aliphatic hydroxyl groups is 1. The number of benzene rings is 2. The van der Waals surface area contributed by atoms with Crippen molar-refractivity contribution in [3.63, 3.8) is 0 Å². The maximum Gasteiger partial charge on any atom is 0.337 e. The van der Waals surface area contributed by atoms with Crippen LogP contribution in [-0.4, -0.2) is 54.2 Å². The smallest absolute Gasteiger partial charge is 0.337 e. The van der Waals surface area contributed by atoms with Gasteiger partial charge in [-0.25, -0.2) is 4.79 Å². The number of carbonyl (C=O) groups excluding carboxylic acids is 2. The SMILES string of the molecule is COC(=O)c1ccc(NCCC2(O)CCN(C(=O)Cc3ccccc3)CC2)cc1. The Morgan fingerprint density at radius 2 is 1.72 bits per heavy atom. The number of anilines is 1. The van der Waals surface area contributed by atoms with E-state index in [2.05, 4.69) is 10.1 Å². The topological polar surface area (TPSA) is 78.9 Å². The Balaban J connectivity index is 1.42. The minimum absolute atomic E-state index is 0.113. The highest BCUT2D eigenvalue weighted by atomic mass is 16.5. The maximum atomic E-state index is 12.5. The lowest BCUT2D eigenvalue weighted by Crippen LogP contribution is -2.47. The molecule has 0 bridgehead atoms. The third-order valence-corrected chi connectivity index (χ3v) is 5.47. The van der Waals surface area contributed by atoms with Crippen LogP contribution in [0.25, 0.3) is 0 Å². The molecule has 0 saturated carbocycles. The molecule has 29 heavy (non-hydrogen) atoms. The predicted molar refractivity (Wildman–Crippen MR) is 112 cm³/mol. The third-order valence-electron chi connectivity index (χ3n) is 5.47. The van der Waals surface area contributed by atoms with Crippen molar-refractivity contribution in [3.8, 4) is 0 Å². The number of nitrogens with zero attached hydrogens (tertiary/aromatic N) is 1. The molecule has 1 aliphatic rings. The molecule has 1 saturated heterocycles. The first-order valence-corrected chi connectivity index (χ1v) is 9.95. The van der Waals surface area contributed by atoms with Gasteiger partial charge >= 0.3 is 5.97 Å². The summed E-state index contributed by atoms with van der Waals surface area (Å²) in [6.07, 6.45) is 2.17. The summed E-state index contributed by atoms with van der Waals surface area (Å²) < 4.78 is 4.69. The Labute approximate surface area is 171 Å². The summed E-state index contributed by atoms with van der Waals surface area (Å²) in [4.78, 5) is 25.8. The van der Waals surface area contributed by atoms with Crippen molar-refractivity contribution in [2.45, 2.75) is 31.3 Å². The summed E-state index contributed by atoms with van der Waals surface area (Å²) in [6, 6.07) is 16.8. The van der Waals surface area contributed by atoms with Gasteiger partial charge < -0.3 is 20.1 Å². The molecule has 3 rings (SSSR count). The molecule has 1 fully saturated rings. The van der Waals surface area contributed by atoms with E-state index in [-0.39, 0.29) is 11.9 Å². The van der Waals surface area contributed by atoms with Gasteiger partial charge in [0.15, 0.2) is 0 Å². The molecule has 6 heteroatoms. The lowest BCUT2D eigenvalue weighted by atomic mass is 9.88. The van der Waals surface area contributed by atoms with Crippen LogP contribution in [0.2, 0.25) is 0 Å². The van der Waals surface area contributed by atoms with Crippen LogP contribution >= 0.6 is 0 Å². The van der Waals surface area contributed by atoms with Gasteiger partial charge in [0.1, 0.15) is 0 Å². The first-order valence-electron chi connectivity index (χ1n) is 9.95. The zero-order valence-electron chi connectivity index (χ0n) is 16.8. The molecule has 6 nitrogen and oxygen atoms in total. The summed E-state index contributed by atoms with van der Waals surface area (Å²) in [5.41, 5.74) is 1.64. The fourth-order valence-corrected chi connectivity index (χ4v) is 3.59. The van der Waals surface area contributed by atoms with Crippen molar-refractivity contribution in [1.82, 2.24) is 4.90 Å². The van der Waals surface area contributed by atoms with Crippen molar-refractivity contribution < 1.29 is 19.4 Å². The largest absolute Gasteiger partial charge is 0.465 e. The van der Waals surface area contributed by atoms with Crippen LogP contribution in [0.5, 0.6) is 0 Å². The second kappa shape index (κ2) is 9.56. The van der Waals surface area contributed by atoms with Gasteiger partial charge in [-0.2, -0.15) is 0 Å². The summed E-state index contributed by atoms with van der Waals surface area (Å²) in [7, 11) is 1.36. The lowest BCUT2D eigenvalue weighted by molar-refractivity contribution is -0.134. The van der Waals surface area contributed by atoms with Gasteiger partial charge in [0.25, 0.3) is 0 Å². The number of ether oxygens (including phenoxy) is 1. The van der Waals surface area contributed by atoms with Crippen LogP contribution in [-0.2, 0) is 16.0 Å². The van der Waals surface area contributed by atoms with E-state index in [1.54, 1.807) is 12.1 Å². The van der Waals surface area contributed by atoms with E-state index in [1.807, 2.05) is 47.4 Å². The average molecular weight is 396 g/mol. The number of methoxy groups -OCH3 is 1. The van der Waals surface area contributed by atoms with Gasteiger partial charge in [-0.1, -0.05) is 30.3 Å². The van der Waals surface area contributed by atoms with Gasteiger partial charge in [0.2, 0.25) is 5.91 Å². The van der Waals surface area contributed by atoms with Crippen molar-refractivity contribution in [1.29, 1.82) is 0 Å². The van der Waals surface area contributed by atoms with Crippen molar-refractivity contribution in [3.05, 3.63) is 65.7 Å². The van der Waals surface area contributed by atoms with E-state index in [1.165, 1.54) is 7.11 Å². The second-order valence-electron chi connectivity index (χ2n) is 7.51. The molecule has 2 N–H and O–H groups in total. The molecule has 2 aromatic carbocycles. The normalized spacial score (nSPS) is 15.6. The molecular weight excluding hydrogens is 368 g/mol. The monoisotopic (exact) mass is 396 g/mol.